The number of allylic oxidation sites excluding steroid dienone is 3. The van der Waals surface area contributed by atoms with E-state index in [2.05, 4.69) is 5.32 Å². The van der Waals surface area contributed by atoms with E-state index in [0.717, 1.165) is 0 Å². The van der Waals surface area contributed by atoms with Crippen molar-refractivity contribution >= 4 is 17.7 Å². The number of carbonyl (C=O) groups excluding carboxylic acids is 3. The number of carbonyl (C=O) groups is 3. The highest BCUT2D eigenvalue weighted by Gasteiger charge is 2.50. The van der Waals surface area contributed by atoms with E-state index < -0.39 is 29.7 Å². The van der Waals surface area contributed by atoms with Gasteiger partial charge in [-0.3, -0.25) is 9.59 Å². The number of ketones is 1. The highest BCUT2D eigenvalue weighted by molar-refractivity contribution is 6.05. The van der Waals surface area contributed by atoms with E-state index in [4.69, 9.17) is 18.9 Å². The molecule has 0 spiro atoms. The average molecular weight is 443 g/mol. The number of ether oxygens (including phenoxy) is 4. The highest BCUT2D eigenvalue weighted by Crippen LogP contribution is 2.50. The van der Waals surface area contributed by atoms with Gasteiger partial charge in [0.2, 0.25) is 0 Å². The molecule has 0 aromatic heterocycles. The molecule has 172 valence electrons. The Bertz CT molecular complexity index is 994. The van der Waals surface area contributed by atoms with Gasteiger partial charge in [0.1, 0.15) is 5.92 Å². The van der Waals surface area contributed by atoms with Gasteiger partial charge in [-0.25, -0.2) is 4.79 Å². The number of Topliss-reactive ketones (excluding diaryl/α,β-unsaturated/α-hetero) is 1. The van der Waals surface area contributed by atoms with Crippen molar-refractivity contribution in [1.29, 1.82) is 0 Å². The van der Waals surface area contributed by atoms with Crippen LogP contribution in [0.3, 0.4) is 0 Å². The molecule has 0 saturated carbocycles. The second-order valence-corrected chi connectivity index (χ2v) is 7.81. The Morgan fingerprint density at radius 3 is 2.41 bits per heavy atom. The van der Waals surface area contributed by atoms with Crippen molar-refractivity contribution in [3.05, 3.63) is 46.8 Å². The molecular formula is C24H29NO7. The molecule has 4 unspecified atom stereocenters. The Kier molecular flexibility index (Phi) is 6.91. The second kappa shape index (κ2) is 9.46. The van der Waals surface area contributed by atoms with E-state index in [9.17, 15) is 14.4 Å². The van der Waals surface area contributed by atoms with E-state index in [1.807, 2.05) is 6.08 Å². The van der Waals surface area contributed by atoms with E-state index in [0.29, 0.717) is 34.0 Å². The first-order chi connectivity index (χ1) is 15.3. The number of hydrogen-bond donors (Lipinski definition) is 1. The Balaban J connectivity index is 2.29. The Morgan fingerprint density at radius 2 is 1.81 bits per heavy atom. The van der Waals surface area contributed by atoms with Crippen molar-refractivity contribution < 1.29 is 33.3 Å². The molecule has 1 heterocycles. The van der Waals surface area contributed by atoms with Crippen LogP contribution in [0.4, 0.5) is 0 Å². The van der Waals surface area contributed by atoms with Gasteiger partial charge in [-0.15, -0.1) is 0 Å². The fraction of sp³-hybridized carbons (Fsp3) is 0.458. The molecule has 3 rings (SSSR count). The number of esters is 2. The maximum atomic E-state index is 13.7. The third kappa shape index (κ3) is 3.85. The Morgan fingerprint density at radius 1 is 1.09 bits per heavy atom. The smallest absolute Gasteiger partial charge is 0.336 e. The molecule has 0 amide bonds. The van der Waals surface area contributed by atoms with E-state index in [1.165, 1.54) is 21.3 Å². The van der Waals surface area contributed by atoms with Crippen LogP contribution in [-0.4, -0.2) is 45.7 Å². The second-order valence-electron chi connectivity index (χ2n) is 7.81. The van der Waals surface area contributed by atoms with Crippen LogP contribution in [-0.2, 0) is 23.9 Å². The predicted molar refractivity (Wildman–Crippen MR) is 116 cm³/mol. The molecule has 1 aliphatic carbocycles. The fourth-order valence-corrected chi connectivity index (χ4v) is 4.67. The van der Waals surface area contributed by atoms with Crippen molar-refractivity contribution in [1.82, 2.24) is 5.32 Å². The zero-order chi connectivity index (χ0) is 23.6. The van der Waals surface area contributed by atoms with Crippen LogP contribution < -0.4 is 14.8 Å². The first-order valence-corrected chi connectivity index (χ1v) is 10.5. The Labute approximate surface area is 187 Å². The minimum atomic E-state index is -0.975. The first kappa shape index (κ1) is 23.4. The monoisotopic (exact) mass is 443 g/mol. The zero-order valence-corrected chi connectivity index (χ0v) is 19.2. The van der Waals surface area contributed by atoms with Gasteiger partial charge in [-0.2, -0.15) is 0 Å². The van der Waals surface area contributed by atoms with Crippen molar-refractivity contribution in [3.63, 3.8) is 0 Å². The molecule has 8 nitrogen and oxygen atoms in total. The topological polar surface area (TPSA) is 100 Å². The summed E-state index contributed by atoms with van der Waals surface area (Å²) in [6, 6.07) is 5.30. The maximum Gasteiger partial charge on any atom is 0.336 e. The summed E-state index contributed by atoms with van der Waals surface area (Å²) in [7, 11) is 4.28. The maximum absolute atomic E-state index is 13.7. The van der Waals surface area contributed by atoms with Crippen LogP contribution in [0.2, 0.25) is 0 Å². The summed E-state index contributed by atoms with van der Waals surface area (Å²) >= 11 is 0. The zero-order valence-electron chi connectivity index (χ0n) is 19.2. The molecule has 0 bridgehead atoms. The number of hydrogen-bond acceptors (Lipinski definition) is 8. The molecule has 0 saturated heterocycles. The molecule has 1 aromatic carbocycles. The Hall–Kier alpha value is -3.29. The lowest BCUT2D eigenvalue weighted by molar-refractivity contribution is -0.152. The number of fused-ring (bicyclic) bond motifs is 1. The standard InChI is InChI=1S/C24H29NO7/c1-7-32-24(28)18-13(3)25-15-11-12(2)17(23(27)31-6)21(26)20(15)19(18)14-9-8-10-16(29-4)22(14)30-5/h8-12,17,19-20,25H,7H2,1-6H3. The lowest BCUT2D eigenvalue weighted by Gasteiger charge is -2.41. The van der Waals surface area contributed by atoms with E-state index >= 15 is 0 Å². The molecule has 1 aliphatic heterocycles. The lowest BCUT2D eigenvalue weighted by Crippen LogP contribution is -2.47. The fourth-order valence-electron chi connectivity index (χ4n) is 4.67. The lowest BCUT2D eigenvalue weighted by atomic mass is 9.66. The number of rotatable bonds is 6. The number of nitrogens with one attached hydrogen (secondary N) is 1. The third-order valence-electron chi connectivity index (χ3n) is 6.02. The summed E-state index contributed by atoms with van der Waals surface area (Å²) in [6.45, 7) is 5.47. The molecule has 1 N–H and O–H groups in total. The van der Waals surface area contributed by atoms with Crippen LogP contribution in [0, 0.1) is 17.8 Å². The van der Waals surface area contributed by atoms with E-state index in [1.54, 1.807) is 39.0 Å². The van der Waals surface area contributed by atoms with Crippen molar-refractivity contribution in [2.24, 2.45) is 17.8 Å². The van der Waals surface area contributed by atoms with Crippen LogP contribution in [0.5, 0.6) is 11.5 Å². The van der Waals surface area contributed by atoms with Crippen LogP contribution in [0.25, 0.3) is 0 Å². The molecule has 0 fully saturated rings. The van der Waals surface area contributed by atoms with Crippen LogP contribution >= 0.6 is 0 Å². The van der Waals surface area contributed by atoms with Gasteiger partial charge >= 0.3 is 11.9 Å². The van der Waals surface area contributed by atoms with E-state index in [-0.39, 0.29) is 18.3 Å². The summed E-state index contributed by atoms with van der Waals surface area (Å²) in [4.78, 5) is 39.2. The van der Waals surface area contributed by atoms with Gasteiger partial charge in [0.05, 0.1) is 39.4 Å². The third-order valence-corrected chi connectivity index (χ3v) is 6.02. The van der Waals surface area contributed by atoms with Gasteiger partial charge in [0.15, 0.2) is 17.3 Å². The first-order valence-electron chi connectivity index (χ1n) is 10.5. The minimum absolute atomic E-state index is 0.181. The SMILES string of the molecule is CCOC(=O)C1=C(C)NC2=CC(C)C(C(=O)OC)C(=O)C2C1c1cccc(OC)c1OC. The van der Waals surface area contributed by atoms with Crippen molar-refractivity contribution in [2.75, 3.05) is 27.9 Å². The molecule has 32 heavy (non-hydrogen) atoms. The van der Waals surface area contributed by atoms with Gasteiger partial charge in [0.25, 0.3) is 0 Å². The van der Waals surface area contributed by atoms with Crippen molar-refractivity contribution in [2.45, 2.75) is 26.7 Å². The summed E-state index contributed by atoms with van der Waals surface area (Å²) in [5.74, 6) is -3.47. The largest absolute Gasteiger partial charge is 0.493 e. The molecular weight excluding hydrogens is 414 g/mol. The minimum Gasteiger partial charge on any atom is -0.493 e. The summed E-state index contributed by atoms with van der Waals surface area (Å²) in [5.41, 5.74) is 2.13. The summed E-state index contributed by atoms with van der Waals surface area (Å²) in [5, 5.41) is 3.21. The van der Waals surface area contributed by atoms with Gasteiger partial charge in [0, 0.05) is 22.9 Å². The highest BCUT2D eigenvalue weighted by atomic mass is 16.5. The quantitative estimate of drug-likeness (QED) is 0.529. The van der Waals surface area contributed by atoms with Crippen LogP contribution in [0.15, 0.2) is 41.2 Å². The average Bonchev–Trinajstić information content (AvgIpc) is 2.77. The predicted octanol–water partition coefficient (Wildman–Crippen LogP) is 2.74. The van der Waals surface area contributed by atoms with Crippen molar-refractivity contribution in [3.8, 4) is 11.5 Å². The molecule has 2 aliphatic rings. The summed E-state index contributed by atoms with van der Waals surface area (Å²) < 4.78 is 21.3. The molecule has 4 atom stereocenters. The molecule has 1 aromatic rings. The van der Waals surface area contributed by atoms with Gasteiger partial charge < -0.3 is 24.3 Å². The van der Waals surface area contributed by atoms with Gasteiger partial charge in [-0.1, -0.05) is 25.1 Å². The van der Waals surface area contributed by atoms with Crippen LogP contribution in [0.1, 0.15) is 32.3 Å². The number of benzene rings is 1. The molecule has 8 heteroatoms. The number of methoxy groups -OCH3 is 3. The molecule has 0 radical (unpaired) electrons. The normalized spacial score (nSPS) is 24.7. The number of para-hydroxylation sites is 1. The van der Waals surface area contributed by atoms with Gasteiger partial charge in [-0.05, 0) is 25.8 Å². The summed E-state index contributed by atoms with van der Waals surface area (Å²) in [6.07, 6.45) is 1.86.